The second-order valence-corrected chi connectivity index (χ2v) is 7.17. The molecule has 1 atom stereocenters. The van der Waals surface area contributed by atoms with E-state index in [0.717, 1.165) is 0 Å². The zero-order valence-corrected chi connectivity index (χ0v) is 16.2. The molecule has 0 aliphatic carbocycles. The third-order valence-corrected chi connectivity index (χ3v) is 5.07. The van der Waals surface area contributed by atoms with E-state index in [1.807, 2.05) is 4.90 Å². The molecule has 152 valence electrons. The molecule has 8 nitrogen and oxygen atoms in total. The van der Waals surface area contributed by atoms with Crippen LogP contribution in [-0.4, -0.2) is 45.4 Å². The minimum absolute atomic E-state index is 0.129. The van der Waals surface area contributed by atoms with Crippen molar-refractivity contribution in [1.82, 2.24) is 15.2 Å². The molecule has 1 aliphatic heterocycles. The lowest BCUT2D eigenvalue weighted by Gasteiger charge is -2.19. The Kier molecular flexibility index (Phi) is 5.16. The van der Waals surface area contributed by atoms with Crippen molar-refractivity contribution in [3.63, 3.8) is 0 Å². The molecule has 0 spiro atoms. The number of hydrogen-bond acceptors (Lipinski definition) is 6. The Morgan fingerprint density at radius 1 is 1.43 bits per heavy atom. The van der Waals surface area contributed by atoms with Gasteiger partial charge < -0.3 is 15.3 Å². The number of rotatable bonds is 4. The summed E-state index contributed by atoms with van der Waals surface area (Å²) in [6.45, 7) is 2.77. The number of H-pyrrole nitrogens is 1. The van der Waals surface area contributed by atoms with Crippen molar-refractivity contribution in [3.05, 3.63) is 59.2 Å². The number of nitrogens with zero attached hydrogens (tertiary/aromatic N) is 4. The van der Waals surface area contributed by atoms with Gasteiger partial charge in [-0.1, -0.05) is 0 Å². The average Bonchev–Trinajstić information content (AvgIpc) is 3.39. The van der Waals surface area contributed by atoms with Crippen molar-refractivity contribution in [2.75, 3.05) is 23.3 Å². The van der Waals surface area contributed by atoms with Crippen LogP contribution in [0.2, 0.25) is 0 Å². The van der Waals surface area contributed by atoms with E-state index < -0.39 is 17.8 Å². The Morgan fingerprint density at radius 2 is 2.27 bits per heavy atom. The summed E-state index contributed by atoms with van der Waals surface area (Å²) >= 11 is 0. The van der Waals surface area contributed by atoms with Gasteiger partial charge in [0.15, 0.2) is 0 Å². The largest absolute Gasteiger partial charge is 0.391 e. The highest BCUT2D eigenvalue weighted by Crippen LogP contribution is 2.30. The van der Waals surface area contributed by atoms with Gasteiger partial charge in [0.1, 0.15) is 23.5 Å². The highest BCUT2D eigenvalue weighted by Gasteiger charge is 2.24. The van der Waals surface area contributed by atoms with Crippen LogP contribution in [0.15, 0.2) is 36.7 Å². The molecular formula is C21H19FN6O2. The van der Waals surface area contributed by atoms with Gasteiger partial charge in [-0.3, -0.25) is 9.89 Å². The first kappa shape index (κ1) is 19.5. The van der Waals surface area contributed by atoms with Crippen LogP contribution in [0, 0.1) is 24.1 Å². The normalized spacial score (nSPS) is 15.8. The smallest absolute Gasteiger partial charge is 0.259 e. The van der Waals surface area contributed by atoms with Crippen LogP contribution in [0.25, 0.3) is 11.1 Å². The van der Waals surface area contributed by atoms with Crippen LogP contribution in [0.3, 0.4) is 0 Å². The molecule has 9 heteroatoms. The molecule has 0 bridgehead atoms. The zero-order chi connectivity index (χ0) is 21.3. The third-order valence-electron chi connectivity index (χ3n) is 5.07. The summed E-state index contributed by atoms with van der Waals surface area (Å²) in [4.78, 5) is 18.8. The van der Waals surface area contributed by atoms with E-state index in [1.54, 1.807) is 25.3 Å². The Morgan fingerprint density at radius 3 is 2.93 bits per heavy atom. The Hall–Kier alpha value is -3.77. The number of amides is 1. The lowest BCUT2D eigenvalue weighted by atomic mass is 9.97. The van der Waals surface area contributed by atoms with Crippen LogP contribution in [0.4, 0.5) is 16.0 Å². The fourth-order valence-corrected chi connectivity index (χ4v) is 3.55. The number of halogens is 1. The molecular weight excluding hydrogens is 387 g/mol. The maximum Gasteiger partial charge on any atom is 0.259 e. The number of aliphatic hydroxyl groups is 1. The summed E-state index contributed by atoms with van der Waals surface area (Å²) in [7, 11) is 0. The number of hydrogen-bond donors (Lipinski definition) is 3. The van der Waals surface area contributed by atoms with Crippen molar-refractivity contribution >= 4 is 17.5 Å². The maximum atomic E-state index is 14.5. The lowest BCUT2D eigenvalue weighted by molar-refractivity contribution is 0.102. The Balaban J connectivity index is 1.70. The number of β-amino-alcohol motifs (C(OH)–C–C–N with tert-alkyl or cyclic N) is 1. The predicted octanol–water partition coefficient (Wildman–Crippen LogP) is 2.61. The molecule has 1 aliphatic rings. The van der Waals surface area contributed by atoms with Crippen molar-refractivity contribution in [3.8, 4) is 17.2 Å². The monoisotopic (exact) mass is 406 g/mol. The first-order valence-corrected chi connectivity index (χ1v) is 9.40. The molecule has 0 radical (unpaired) electrons. The van der Waals surface area contributed by atoms with Crippen LogP contribution >= 0.6 is 0 Å². The van der Waals surface area contributed by atoms with Gasteiger partial charge in [0.25, 0.3) is 5.91 Å². The van der Waals surface area contributed by atoms with E-state index in [4.69, 9.17) is 0 Å². The molecule has 0 saturated carbocycles. The predicted molar refractivity (Wildman–Crippen MR) is 108 cm³/mol. The van der Waals surface area contributed by atoms with E-state index in [2.05, 4.69) is 26.6 Å². The van der Waals surface area contributed by atoms with Gasteiger partial charge in [-0.05, 0) is 42.7 Å². The van der Waals surface area contributed by atoms with Crippen LogP contribution in [-0.2, 0) is 0 Å². The van der Waals surface area contributed by atoms with E-state index in [-0.39, 0.29) is 5.56 Å². The minimum Gasteiger partial charge on any atom is -0.391 e. The summed E-state index contributed by atoms with van der Waals surface area (Å²) in [6.07, 6.45) is 3.26. The average molecular weight is 406 g/mol. The van der Waals surface area contributed by atoms with Gasteiger partial charge in [-0.25, -0.2) is 9.37 Å². The number of carbonyl (C=O) groups is 1. The number of aliphatic hydroxyl groups excluding tert-OH is 1. The second kappa shape index (κ2) is 7.93. The third kappa shape index (κ3) is 3.73. The number of anilines is 2. The maximum absolute atomic E-state index is 14.5. The van der Waals surface area contributed by atoms with Gasteiger partial charge in [0, 0.05) is 30.9 Å². The van der Waals surface area contributed by atoms with Gasteiger partial charge in [0.05, 0.1) is 23.4 Å². The summed E-state index contributed by atoms with van der Waals surface area (Å²) < 4.78 is 14.5. The van der Waals surface area contributed by atoms with E-state index in [0.29, 0.717) is 53.4 Å². The number of aryl methyl sites for hydroxylation is 1. The Labute approximate surface area is 172 Å². The van der Waals surface area contributed by atoms with Crippen molar-refractivity contribution in [2.24, 2.45) is 0 Å². The highest BCUT2D eigenvalue weighted by atomic mass is 19.1. The molecule has 3 aromatic rings. The van der Waals surface area contributed by atoms with Gasteiger partial charge in [-0.2, -0.15) is 10.4 Å². The van der Waals surface area contributed by atoms with Gasteiger partial charge in [0.2, 0.25) is 0 Å². The Bertz CT molecular complexity index is 1140. The van der Waals surface area contributed by atoms with Crippen molar-refractivity contribution in [2.45, 2.75) is 19.4 Å². The fraction of sp³-hybridized carbons (Fsp3) is 0.238. The summed E-state index contributed by atoms with van der Waals surface area (Å²) in [6, 6.07) is 8.11. The van der Waals surface area contributed by atoms with Crippen LogP contribution in [0.5, 0.6) is 0 Å². The number of pyridine rings is 1. The lowest BCUT2D eigenvalue weighted by Crippen LogP contribution is -2.23. The van der Waals surface area contributed by atoms with Crippen molar-refractivity contribution < 1.29 is 14.3 Å². The fourth-order valence-electron chi connectivity index (χ4n) is 3.55. The molecule has 3 N–H and O–H groups in total. The molecule has 1 amide bonds. The van der Waals surface area contributed by atoms with Crippen LogP contribution < -0.4 is 10.2 Å². The zero-order valence-electron chi connectivity index (χ0n) is 16.2. The number of benzene rings is 1. The topological polar surface area (TPSA) is 118 Å². The standard InChI is InChI=1S/C21H19FN6O2/c1-12-6-18(22)17(21(30)26-19-2-4-25-27-19)8-16(12)14-7-13(9-23)20(24-10-14)28-5-3-15(29)11-28/h2,4,6-8,10,15,29H,3,5,11H2,1H3,(H2,25,26,27,30)/t15-/m0/s1. The number of nitriles is 1. The summed E-state index contributed by atoms with van der Waals surface area (Å²) in [5.74, 6) is -0.402. The quantitative estimate of drug-likeness (QED) is 0.613. The second-order valence-electron chi connectivity index (χ2n) is 7.17. The van der Waals surface area contributed by atoms with Crippen molar-refractivity contribution in [1.29, 1.82) is 5.26 Å². The summed E-state index contributed by atoms with van der Waals surface area (Å²) in [5, 5.41) is 28.3. The van der Waals surface area contributed by atoms with E-state index in [1.165, 1.54) is 18.3 Å². The van der Waals surface area contributed by atoms with E-state index >= 15 is 0 Å². The van der Waals surface area contributed by atoms with Crippen LogP contribution in [0.1, 0.15) is 27.9 Å². The molecule has 1 fully saturated rings. The number of aromatic amines is 1. The van der Waals surface area contributed by atoms with Gasteiger partial charge in [-0.15, -0.1) is 0 Å². The molecule has 0 unspecified atom stereocenters. The molecule has 1 saturated heterocycles. The molecule has 30 heavy (non-hydrogen) atoms. The first-order chi connectivity index (χ1) is 14.5. The summed E-state index contributed by atoms with van der Waals surface area (Å²) in [5.41, 5.74) is 2.04. The number of carbonyl (C=O) groups excluding carboxylic acids is 1. The molecule has 2 aromatic heterocycles. The number of aromatic nitrogens is 3. The molecule has 3 heterocycles. The minimum atomic E-state index is -0.649. The SMILES string of the molecule is Cc1cc(F)c(C(=O)Nc2ccn[nH]2)cc1-c1cnc(N2CC[C@H](O)C2)c(C#N)c1. The van der Waals surface area contributed by atoms with E-state index in [9.17, 15) is 19.6 Å². The molecule has 4 rings (SSSR count). The highest BCUT2D eigenvalue weighted by molar-refractivity contribution is 6.04. The van der Waals surface area contributed by atoms with Gasteiger partial charge >= 0.3 is 0 Å². The first-order valence-electron chi connectivity index (χ1n) is 9.40. The molecule has 1 aromatic carbocycles. The number of nitrogens with one attached hydrogen (secondary N) is 2.